The maximum absolute atomic E-state index is 14.1. The smallest absolute Gasteiger partial charge is 0.146 e. The summed E-state index contributed by atoms with van der Waals surface area (Å²) in [6, 6.07) is 15.6. The molecular weight excluding hydrogens is 303 g/mol. The molecule has 24 heavy (non-hydrogen) atoms. The molecule has 2 aromatic rings. The Balaban J connectivity index is 1.47. The molecule has 0 aromatic heterocycles. The molecule has 3 unspecified atom stereocenters. The number of nitrogens with zero attached hydrogens (tertiary/aromatic N) is 1. The third-order valence-electron chi connectivity index (χ3n) is 5.37. The normalized spacial score (nSPS) is 25.8. The van der Waals surface area contributed by atoms with Crippen molar-refractivity contribution in [3.63, 3.8) is 0 Å². The van der Waals surface area contributed by atoms with Gasteiger partial charge in [0.2, 0.25) is 0 Å². The molecule has 3 atom stereocenters. The molecule has 2 aliphatic rings. The van der Waals surface area contributed by atoms with Gasteiger partial charge in [-0.1, -0.05) is 24.3 Å². The van der Waals surface area contributed by atoms with E-state index in [0.717, 1.165) is 42.8 Å². The number of benzene rings is 2. The summed E-state index contributed by atoms with van der Waals surface area (Å²) in [6.07, 6.45) is 3.37. The molecule has 2 fully saturated rings. The first kappa shape index (κ1) is 15.5. The number of ether oxygens (including phenoxy) is 1. The van der Waals surface area contributed by atoms with Crippen molar-refractivity contribution in [2.75, 3.05) is 11.4 Å². The molecule has 2 N–H and O–H groups in total. The molecule has 0 radical (unpaired) electrons. The van der Waals surface area contributed by atoms with Crippen molar-refractivity contribution < 1.29 is 9.13 Å². The van der Waals surface area contributed by atoms with Gasteiger partial charge in [-0.2, -0.15) is 0 Å². The Kier molecular flexibility index (Phi) is 4.15. The van der Waals surface area contributed by atoms with Crippen LogP contribution in [0.25, 0.3) is 0 Å². The summed E-state index contributed by atoms with van der Waals surface area (Å²) in [5.74, 6) is 1.23. The molecule has 1 saturated heterocycles. The maximum atomic E-state index is 14.1. The standard InChI is InChI=1S/C20H23FN2O/c21-18-3-1-2-4-19(18)23-13-15-11-16(23)7-10-20(15)24-17-8-5-14(12-22)6-9-17/h1-6,8-9,15-16,20H,7,10-13,22H2. The van der Waals surface area contributed by atoms with Gasteiger partial charge in [0, 0.05) is 25.0 Å². The second-order valence-electron chi connectivity index (χ2n) is 6.84. The van der Waals surface area contributed by atoms with Crippen molar-refractivity contribution in [2.24, 2.45) is 11.7 Å². The minimum Gasteiger partial charge on any atom is -0.490 e. The van der Waals surface area contributed by atoms with Crippen LogP contribution in [0.3, 0.4) is 0 Å². The summed E-state index contributed by atoms with van der Waals surface area (Å²) in [5, 5.41) is 0. The van der Waals surface area contributed by atoms with Crippen LogP contribution in [0, 0.1) is 11.7 Å². The van der Waals surface area contributed by atoms with Crippen molar-refractivity contribution in [1.29, 1.82) is 0 Å². The van der Waals surface area contributed by atoms with E-state index in [2.05, 4.69) is 4.90 Å². The molecule has 0 spiro atoms. The van der Waals surface area contributed by atoms with Crippen molar-refractivity contribution in [3.05, 3.63) is 59.9 Å². The molecule has 1 aliphatic carbocycles. The van der Waals surface area contributed by atoms with Gasteiger partial charge in [0.15, 0.2) is 0 Å². The molecule has 126 valence electrons. The topological polar surface area (TPSA) is 38.5 Å². The van der Waals surface area contributed by atoms with Crippen LogP contribution in [0.1, 0.15) is 24.8 Å². The van der Waals surface area contributed by atoms with Crippen LogP contribution in [-0.2, 0) is 6.54 Å². The van der Waals surface area contributed by atoms with Crippen molar-refractivity contribution >= 4 is 5.69 Å². The highest BCUT2D eigenvalue weighted by Gasteiger charge is 2.42. The maximum Gasteiger partial charge on any atom is 0.146 e. The number of fused-ring (bicyclic) bond motifs is 2. The molecule has 0 amide bonds. The van der Waals surface area contributed by atoms with E-state index in [1.165, 1.54) is 0 Å². The van der Waals surface area contributed by atoms with E-state index in [1.807, 2.05) is 36.4 Å². The minimum atomic E-state index is -0.125. The Hall–Kier alpha value is -2.07. The van der Waals surface area contributed by atoms with E-state index in [9.17, 15) is 4.39 Å². The van der Waals surface area contributed by atoms with Crippen LogP contribution < -0.4 is 15.4 Å². The highest BCUT2D eigenvalue weighted by Crippen LogP contribution is 2.40. The number of hydrogen-bond acceptors (Lipinski definition) is 3. The summed E-state index contributed by atoms with van der Waals surface area (Å²) < 4.78 is 20.4. The number of halogens is 1. The average Bonchev–Trinajstić information content (AvgIpc) is 2.96. The van der Waals surface area contributed by atoms with E-state index >= 15 is 0 Å². The second kappa shape index (κ2) is 6.44. The second-order valence-corrected chi connectivity index (χ2v) is 6.84. The van der Waals surface area contributed by atoms with E-state index < -0.39 is 0 Å². The summed E-state index contributed by atoms with van der Waals surface area (Å²) in [7, 11) is 0. The number of nitrogens with two attached hydrogens (primary N) is 1. The highest BCUT2D eigenvalue weighted by molar-refractivity contribution is 5.50. The third-order valence-corrected chi connectivity index (χ3v) is 5.37. The Morgan fingerprint density at radius 2 is 1.88 bits per heavy atom. The predicted molar refractivity (Wildman–Crippen MR) is 93.6 cm³/mol. The SMILES string of the molecule is NCc1ccc(OC2CCC3CC2CN3c2ccccc2F)cc1. The molecule has 4 rings (SSSR count). The molecule has 1 aliphatic heterocycles. The van der Waals surface area contributed by atoms with Crippen LogP contribution in [0.5, 0.6) is 5.75 Å². The van der Waals surface area contributed by atoms with Gasteiger partial charge >= 0.3 is 0 Å². The van der Waals surface area contributed by atoms with E-state index in [4.69, 9.17) is 10.5 Å². The summed E-state index contributed by atoms with van der Waals surface area (Å²) >= 11 is 0. The van der Waals surface area contributed by atoms with Gasteiger partial charge in [-0.15, -0.1) is 0 Å². The summed E-state index contributed by atoms with van der Waals surface area (Å²) in [6.45, 7) is 1.42. The fraction of sp³-hybridized carbons (Fsp3) is 0.400. The van der Waals surface area contributed by atoms with Crippen LogP contribution >= 0.6 is 0 Å². The third kappa shape index (κ3) is 2.86. The lowest BCUT2D eigenvalue weighted by molar-refractivity contribution is 0.113. The molecule has 3 nitrogen and oxygen atoms in total. The van der Waals surface area contributed by atoms with Crippen molar-refractivity contribution in [2.45, 2.75) is 38.0 Å². The van der Waals surface area contributed by atoms with Crippen LogP contribution in [0.4, 0.5) is 10.1 Å². The fourth-order valence-corrected chi connectivity index (χ4v) is 4.10. The lowest BCUT2D eigenvalue weighted by Crippen LogP contribution is -2.32. The summed E-state index contributed by atoms with van der Waals surface area (Å²) in [4.78, 5) is 2.24. The first-order chi connectivity index (χ1) is 11.7. The number of rotatable bonds is 4. The van der Waals surface area contributed by atoms with Gasteiger partial charge in [0.1, 0.15) is 17.7 Å². The fourth-order valence-electron chi connectivity index (χ4n) is 4.10. The first-order valence-electron chi connectivity index (χ1n) is 8.71. The minimum absolute atomic E-state index is 0.125. The monoisotopic (exact) mass is 326 g/mol. The predicted octanol–water partition coefficient (Wildman–Crippen LogP) is 3.72. The average molecular weight is 326 g/mol. The van der Waals surface area contributed by atoms with Crippen LogP contribution in [-0.4, -0.2) is 18.7 Å². The Morgan fingerprint density at radius 1 is 1.08 bits per heavy atom. The lowest BCUT2D eigenvalue weighted by Gasteiger charge is -2.29. The largest absolute Gasteiger partial charge is 0.490 e. The molecule has 2 aromatic carbocycles. The summed E-state index contributed by atoms with van der Waals surface area (Å²) in [5.41, 5.74) is 7.48. The zero-order valence-electron chi connectivity index (χ0n) is 13.7. The zero-order valence-corrected chi connectivity index (χ0v) is 13.7. The van der Waals surface area contributed by atoms with Gasteiger partial charge in [0.05, 0.1) is 5.69 Å². The zero-order chi connectivity index (χ0) is 16.5. The van der Waals surface area contributed by atoms with Crippen LogP contribution in [0.15, 0.2) is 48.5 Å². The Morgan fingerprint density at radius 3 is 2.62 bits per heavy atom. The van der Waals surface area contributed by atoms with Gasteiger partial charge in [-0.05, 0) is 49.1 Å². The van der Waals surface area contributed by atoms with Crippen molar-refractivity contribution in [3.8, 4) is 5.75 Å². The highest BCUT2D eigenvalue weighted by atomic mass is 19.1. The van der Waals surface area contributed by atoms with E-state index in [0.29, 0.717) is 18.5 Å². The molecule has 1 saturated carbocycles. The van der Waals surface area contributed by atoms with E-state index in [1.54, 1.807) is 12.1 Å². The number of anilines is 1. The Bertz CT molecular complexity index is 703. The van der Waals surface area contributed by atoms with Gasteiger partial charge in [-0.3, -0.25) is 0 Å². The first-order valence-corrected chi connectivity index (χ1v) is 8.71. The molecule has 4 heteroatoms. The number of hydrogen-bond donors (Lipinski definition) is 1. The molecule has 1 heterocycles. The lowest BCUT2D eigenvalue weighted by atomic mass is 9.87. The Labute approximate surface area is 142 Å². The van der Waals surface area contributed by atoms with Gasteiger partial charge in [0.25, 0.3) is 0 Å². The quantitative estimate of drug-likeness (QED) is 0.930. The van der Waals surface area contributed by atoms with Gasteiger partial charge in [-0.25, -0.2) is 4.39 Å². The number of para-hydroxylation sites is 1. The van der Waals surface area contributed by atoms with Gasteiger partial charge < -0.3 is 15.4 Å². The molecular formula is C20H23FN2O. The van der Waals surface area contributed by atoms with Crippen LogP contribution in [0.2, 0.25) is 0 Å². The van der Waals surface area contributed by atoms with E-state index in [-0.39, 0.29) is 11.9 Å². The van der Waals surface area contributed by atoms with Crippen molar-refractivity contribution in [1.82, 2.24) is 0 Å². The molecule has 2 bridgehead atoms.